The third kappa shape index (κ3) is 17.0. The Morgan fingerprint density at radius 1 is 0.179 bits per heavy atom. The molecule has 22 rings (SSSR count). The molecule has 0 saturated carbocycles. The average Bonchev–Trinajstić information content (AvgIpc) is 0.742. The van der Waals surface area contributed by atoms with Crippen LogP contribution in [-0.2, 0) is 0 Å². The maximum absolute atomic E-state index is 10.5. The largest absolute Gasteiger partial charge is 0.507 e. The van der Waals surface area contributed by atoms with Gasteiger partial charge in [0.05, 0.1) is 26.4 Å². The summed E-state index contributed by atoms with van der Waals surface area (Å²) in [5, 5.41) is 105. The predicted octanol–water partition coefficient (Wildman–Crippen LogP) is 24.6. The fraction of sp³-hybridized carbons (Fsp3) is 0.109. The van der Waals surface area contributed by atoms with Crippen molar-refractivity contribution >= 4 is 108 Å². The molecule has 0 aliphatic rings. The molecule has 0 spiro atoms. The maximum atomic E-state index is 10.5. The molecule has 658 valence electrons. The molecule has 0 bridgehead atoms. The number of aromatic nitrogens is 12. The molecule has 134 heavy (non-hydrogen) atoms. The summed E-state index contributed by atoms with van der Waals surface area (Å²) in [6.45, 7) is 9.73. The zero-order valence-electron chi connectivity index (χ0n) is 73.1. The van der Waals surface area contributed by atoms with Crippen LogP contribution in [0, 0.1) is 0 Å². The minimum atomic E-state index is -0.122. The van der Waals surface area contributed by atoms with Gasteiger partial charge in [-0.15, -0.1) is 0 Å². The van der Waals surface area contributed by atoms with Gasteiger partial charge in [-0.1, -0.05) is 258 Å². The van der Waals surface area contributed by atoms with Crippen molar-refractivity contribution in [1.29, 1.82) is 0 Å². The predicted molar refractivity (Wildman–Crippen MR) is 526 cm³/mol. The summed E-state index contributed by atoms with van der Waals surface area (Å²) in [5.74, 6) is 1.27. The lowest BCUT2D eigenvalue weighted by Crippen LogP contribution is -2.05. The van der Waals surface area contributed by atoms with E-state index in [-0.39, 0.29) is 116 Å². The molecule has 0 amide bonds. The number of hydrogen-bond acceptors (Lipinski definition) is 24. The number of ether oxygens (including phenoxy) is 4. The van der Waals surface area contributed by atoms with E-state index in [0.29, 0.717) is 49.7 Å². The molecular formula is C110H86N12O12. The monoisotopic (exact) mass is 1770 g/mol. The van der Waals surface area contributed by atoms with Gasteiger partial charge in [0.15, 0.2) is 46.6 Å². The zero-order chi connectivity index (χ0) is 92.0. The van der Waals surface area contributed by atoms with Gasteiger partial charge in [0.25, 0.3) is 0 Å². The molecule has 0 atom stereocenters. The molecule has 4 aromatic heterocycles. The van der Waals surface area contributed by atoms with Crippen LogP contribution < -0.4 is 18.9 Å². The molecule has 24 heteroatoms. The summed E-state index contributed by atoms with van der Waals surface area (Å²) in [5.41, 5.74) is 3.87. The summed E-state index contributed by atoms with van der Waals surface area (Å²) >= 11 is 0. The Morgan fingerprint density at radius 3 is 0.851 bits per heavy atom. The minimum Gasteiger partial charge on any atom is -0.507 e. The van der Waals surface area contributed by atoms with Crippen LogP contribution in [0.1, 0.15) is 53.4 Å². The van der Waals surface area contributed by atoms with Gasteiger partial charge in [-0.05, 0) is 206 Å². The standard InChI is InChI=1S/C30H23N3O3.C28H21N3O3.2C26H21N3O3/c1-2-16-36-30-32-28(31-29(33-30)27-25(34)12-7-13-26(27)35)24-17-23-19-9-4-3-8-18(19)14-15-22(23)20-10-5-6-11-21(20)24;1-2-15-34-28-30-26(29-27(31-28)25-21(32)7-4-8-22(25)33)20-14-12-18-10-9-16-5-3-6-17-11-13-19(20)24(18)23(16)17;1-2-14-32-26-28-24(27-25(29-26)23-20(30)12-7-13-21(23)31)22-18-10-5-3-8-16(18)15-17-9-4-6-11-19(17)22;1-2-14-32-26-28-24(27-25(29-26)23-21(30)12-7-13-22(23)31)20-15-16-8-3-4-9-17(16)18-10-5-6-11-19(18)20/h3-15,17,34-35H,2,16H2,1H3;3-14,32-33H,2,15H2,1H3;2*3-13,15,30-31H,2,14H2,1H3. The van der Waals surface area contributed by atoms with Crippen LogP contribution >= 0.6 is 0 Å². The van der Waals surface area contributed by atoms with Crippen molar-refractivity contribution in [2.75, 3.05) is 26.4 Å². The first-order chi connectivity index (χ1) is 65.6. The van der Waals surface area contributed by atoms with Crippen LogP contribution in [-0.4, -0.2) is 127 Å². The molecule has 0 saturated heterocycles. The number of hydrogen-bond donors (Lipinski definition) is 8. The third-order valence-electron chi connectivity index (χ3n) is 23.0. The van der Waals surface area contributed by atoms with Gasteiger partial charge in [-0.2, -0.15) is 39.9 Å². The lowest BCUT2D eigenvalue weighted by molar-refractivity contribution is 0.292. The summed E-state index contributed by atoms with van der Waals surface area (Å²) in [7, 11) is 0. The minimum absolute atomic E-state index is 0.117. The van der Waals surface area contributed by atoms with Crippen LogP contribution in [0.5, 0.6) is 70.0 Å². The fourth-order valence-corrected chi connectivity index (χ4v) is 16.9. The van der Waals surface area contributed by atoms with Crippen molar-refractivity contribution in [3.8, 4) is 161 Å². The number of phenols is 8. The Bertz CT molecular complexity index is 8090. The van der Waals surface area contributed by atoms with Crippen LogP contribution in [0.25, 0.3) is 199 Å². The quantitative estimate of drug-likeness (QED) is 0.0259. The average molecular weight is 1770 g/mol. The molecule has 0 fully saturated rings. The van der Waals surface area contributed by atoms with Crippen molar-refractivity contribution in [3.05, 3.63) is 303 Å². The van der Waals surface area contributed by atoms with E-state index >= 15 is 0 Å². The Morgan fingerprint density at radius 2 is 0.440 bits per heavy atom. The molecule has 0 aliphatic carbocycles. The van der Waals surface area contributed by atoms with Gasteiger partial charge in [0.2, 0.25) is 0 Å². The van der Waals surface area contributed by atoms with Gasteiger partial charge in [0.1, 0.15) is 68.2 Å². The van der Waals surface area contributed by atoms with Crippen LogP contribution in [0.15, 0.2) is 303 Å². The number of fused-ring (bicyclic) bond motifs is 10. The molecule has 22 aromatic rings. The first-order valence-electron chi connectivity index (χ1n) is 44.0. The molecule has 0 unspecified atom stereocenters. The van der Waals surface area contributed by atoms with Crippen LogP contribution in [0.2, 0.25) is 0 Å². The van der Waals surface area contributed by atoms with Crippen molar-refractivity contribution < 1.29 is 59.8 Å². The van der Waals surface area contributed by atoms with Crippen molar-refractivity contribution in [3.63, 3.8) is 0 Å². The van der Waals surface area contributed by atoms with Crippen molar-refractivity contribution in [2.45, 2.75) is 53.4 Å². The van der Waals surface area contributed by atoms with Crippen molar-refractivity contribution in [1.82, 2.24) is 59.8 Å². The number of aromatic hydroxyl groups is 8. The Kier molecular flexibility index (Phi) is 24.1. The van der Waals surface area contributed by atoms with E-state index < -0.39 is 0 Å². The zero-order valence-corrected chi connectivity index (χ0v) is 73.1. The summed E-state index contributed by atoms with van der Waals surface area (Å²) in [6, 6.07) is 96.9. The molecule has 0 radical (unpaired) electrons. The smallest absolute Gasteiger partial charge is 0.320 e. The first-order valence-corrected chi connectivity index (χ1v) is 44.0. The van der Waals surface area contributed by atoms with E-state index in [4.69, 9.17) is 23.9 Å². The summed E-state index contributed by atoms with van der Waals surface area (Å²) in [6.07, 6.45) is 3.15. The summed E-state index contributed by atoms with van der Waals surface area (Å²) < 4.78 is 23.1. The second-order valence-electron chi connectivity index (χ2n) is 31.8. The van der Waals surface area contributed by atoms with E-state index in [1.54, 1.807) is 24.3 Å². The Balaban J connectivity index is 0.000000115. The number of phenolic OH excluding ortho intramolecular Hbond substituents is 8. The molecular weight excluding hydrogens is 1680 g/mol. The van der Waals surface area contributed by atoms with Gasteiger partial charge in [0, 0.05) is 22.3 Å². The number of benzene rings is 18. The van der Waals surface area contributed by atoms with Gasteiger partial charge in [-0.3, -0.25) is 0 Å². The van der Waals surface area contributed by atoms with E-state index in [9.17, 15) is 40.9 Å². The molecule has 4 heterocycles. The van der Waals surface area contributed by atoms with Gasteiger partial charge >= 0.3 is 24.0 Å². The third-order valence-corrected chi connectivity index (χ3v) is 23.0. The topological polar surface area (TPSA) is 353 Å². The van der Waals surface area contributed by atoms with Gasteiger partial charge < -0.3 is 59.8 Å². The second-order valence-corrected chi connectivity index (χ2v) is 31.8. The highest BCUT2D eigenvalue weighted by Crippen LogP contribution is 2.47. The molecule has 24 nitrogen and oxygen atoms in total. The molecule has 18 aromatic carbocycles. The van der Waals surface area contributed by atoms with Crippen molar-refractivity contribution in [2.24, 2.45) is 0 Å². The summed E-state index contributed by atoms with van der Waals surface area (Å²) in [4.78, 5) is 54.7. The Labute approximate surface area is 767 Å². The van der Waals surface area contributed by atoms with E-state index in [1.165, 1.54) is 64.7 Å². The highest BCUT2D eigenvalue weighted by atomic mass is 16.5. The lowest BCUT2D eigenvalue weighted by Gasteiger charge is -2.14. The SMILES string of the molecule is CCCOc1nc(-c2c(O)cccc2O)nc(-c2c3ccccc3cc3ccccc23)n1.CCCOc1nc(-c2c(O)cccc2O)nc(-c2cc3c4ccccc4ccc3c3ccccc23)n1.CCCOc1nc(-c2c(O)cccc2O)nc(-c2cc3ccccc3c3ccccc23)n1.CCCOc1nc(-c2c(O)cccc2O)nc(-c2ccc3ccc4cccc5ccc2c3c45)n1. The molecule has 0 aliphatic heterocycles. The van der Waals surface area contributed by atoms with E-state index in [0.717, 1.165) is 140 Å². The maximum Gasteiger partial charge on any atom is 0.320 e. The van der Waals surface area contributed by atoms with Crippen LogP contribution in [0.3, 0.4) is 0 Å². The molecule has 8 N–H and O–H groups in total. The lowest BCUT2D eigenvalue weighted by atomic mass is 9.92. The van der Waals surface area contributed by atoms with E-state index in [1.807, 2.05) is 137 Å². The first kappa shape index (κ1) is 85.9. The highest BCUT2D eigenvalue weighted by molar-refractivity contribution is 6.26. The van der Waals surface area contributed by atoms with Crippen LogP contribution in [0.4, 0.5) is 0 Å². The second kappa shape index (κ2) is 37.6. The number of rotatable bonds is 20. The van der Waals surface area contributed by atoms with E-state index in [2.05, 4.69) is 176 Å². The fourth-order valence-electron chi connectivity index (χ4n) is 16.9. The number of nitrogens with zero attached hydrogens (tertiary/aromatic N) is 12. The van der Waals surface area contributed by atoms with Gasteiger partial charge in [-0.25, -0.2) is 19.9 Å². The highest BCUT2D eigenvalue weighted by Gasteiger charge is 2.27. The Hall–Kier alpha value is -17.5. The normalized spacial score (nSPS) is 11.3.